The van der Waals surface area contributed by atoms with Gasteiger partial charge in [-0.2, -0.15) is 0 Å². The molecular formula is C20H21F2N3O2S. The number of carbonyl (C=O) groups is 1. The first-order valence-electron chi connectivity index (χ1n) is 8.97. The molecule has 0 aromatic heterocycles. The number of amidine groups is 1. The number of benzene rings is 1. The molecule has 1 fully saturated rings. The molecule has 0 radical (unpaired) electrons. The van der Waals surface area contributed by atoms with Crippen LogP contribution < -0.4 is 0 Å². The van der Waals surface area contributed by atoms with Gasteiger partial charge < -0.3 is 9.64 Å². The van der Waals surface area contributed by atoms with Gasteiger partial charge in [-0.25, -0.2) is 13.6 Å². The Hall–Kier alpha value is -2.48. The van der Waals surface area contributed by atoms with Crippen molar-refractivity contribution in [2.45, 2.75) is 25.8 Å². The molecule has 5 nitrogen and oxygen atoms in total. The number of esters is 1. The zero-order valence-corrected chi connectivity index (χ0v) is 16.6. The van der Waals surface area contributed by atoms with Crippen LogP contribution in [0.3, 0.4) is 0 Å². The van der Waals surface area contributed by atoms with Crippen molar-refractivity contribution < 1.29 is 18.3 Å². The van der Waals surface area contributed by atoms with Crippen molar-refractivity contribution in [3.8, 4) is 0 Å². The summed E-state index contributed by atoms with van der Waals surface area (Å²) in [6.45, 7) is 6.36. The zero-order valence-electron chi connectivity index (χ0n) is 15.7. The molecule has 2 aliphatic heterocycles. The van der Waals surface area contributed by atoms with Gasteiger partial charge in [0.05, 0.1) is 12.2 Å². The second kappa shape index (κ2) is 8.68. The molecule has 0 aliphatic carbocycles. The van der Waals surface area contributed by atoms with Gasteiger partial charge in [-0.1, -0.05) is 24.4 Å². The number of halogens is 2. The van der Waals surface area contributed by atoms with E-state index in [0.29, 0.717) is 35.0 Å². The number of aliphatic imine (C=N–C) groups is 2. The molecule has 3 rings (SSSR count). The van der Waals surface area contributed by atoms with Crippen molar-refractivity contribution in [3.63, 3.8) is 0 Å². The summed E-state index contributed by atoms with van der Waals surface area (Å²) in [6, 6.07) is 2.77. The predicted molar refractivity (Wildman–Crippen MR) is 107 cm³/mol. The lowest BCUT2D eigenvalue weighted by molar-refractivity contribution is -0.139. The number of ether oxygens (including phenoxy) is 1. The Balaban J connectivity index is 2.18. The van der Waals surface area contributed by atoms with Crippen LogP contribution in [0.4, 0.5) is 8.78 Å². The summed E-state index contributed by atoms with van der Waals surface area (Å²) in [5.41, 5.74) is 1.55. The smallest absolute Gasteiger partial charge is 0.338 e. The fourth-order valence-corrected chi connectivity index (χ4v) is 3.95. The second-order valence-electron chi connectivity index (χ2n) is 6.18. The number of fused-ring (bicyclic) bond motifs is 1. The third kappa shape index (κ3) is 3.73. The largest absolute Gasteiger partial charge is 0.463 e. The first kappa shape index (κ1) is 20.3. The third-order valence-electron chi connectivity index (χ3n) is 4.56. The van der Waals surface area contributed by atoms with Crippen molar-refractivity contribution in [3.05, 3.63) is 58.7 Å². The summed E-state index contributed by atoms with van der Waals surface area (Å²) in [6.07, 6.45) is 1.51. The summed E-state index contributed by atoms with van der Waals surface area (Å²) in [5.74, 6) is -1.83. The first-order chi connectivity index (χ1) is 13.5. The molecule has 2 heterocycles. The zero-order chi connectivity index (χ0) is 20.3. The van der Waals surface area contributed by atoms with E-state index < -0.39 is 23.6 Å². The van der Waals surface area contributed by atoms with Gasteiger partial charge in [-0.3, -0.25) is 9.98 Å². The lowest BCUT2D eigenvalue weighted by atomic mass is 9.94. The van der Waals surface area contributed by atoms with Crippen molar-refractivity contribution >= 4 is 28.6 Å². The van der Waals surface area contributed by atoms with Crippen molar-refractivity contribution in [1.82, 2.24) is 4.90 Å². The van der Waals surface area contributed by atoms with Gasteiger partial charge in [0, 0.05) is 19.3 Å². The van der Waals surface area contributed by atoms with Gasteiger partial charge in [0.15, 0.2) is 17.5 Å². The molecule has 28 heavy (non-hydrogen) atoms. The van der Waals surface area contributed by atoms with E-state index in [9.17, 15) is 13.6 Å². The molecule has 1 aromatic rings. The standard InChI is InChI=1S/C20H21F2N3O2S/c1-4-27-20(26)16-15-7-6-10-25(15)18(19(23-3)28-5-2)24-17(16)12-8-9-13(21)14(22)11-12/h5,8-9,11,17H,2,4,6-7,10H2,1,3H3/b23-19-. The number of carbonyl (C=O) groups excluding carboxylic acids is 1. The van der Waals surface area contributed by atoms with E-state index in [-0.39, 0.29) is 6.61 Å². The molecule has 0 spiro atoms. The molecule has 0 saturated carbocycles. The maximum atomic E-state index is 13.9. The average Bonchev–Trinajstić information content (AvgIpc) is 3.17. The van der Waals surface area contributed by atoms with Crippen molar-refractivity contribution in [2.24, 2.45) is 9.98 Å². The Bertz CT molecular complexity index is 895. The molecule has 1 aromatic carbocycles. The number of nitrogens with zero attached hydrogens (tertiary/aromatic N) is 3. The van der Waals surface area contributed by atoms with E-state index in [4.69, 9.17) is 9.73 Å². The normalized spacial score (nSPS) is 19.4. The Labute approximate surface area is 166 Å². The molecule has 2 aliphatic rings. The Morgan fingerprint density at radius 3 is 2.89 bits per heavy atom. The Kier molecular flexibility index (Phi) is 6.28. The molecule has 0 amide bonds. The topological polar surface area (TPSA) is 54.3 Å². The lowest BCUT2D eigenvalue weighted by Gasteiger charge is -2.32. The van der Waals surface area contributed by atoms with Crippen LogP contribution in [0, 0.1) is 11.6 Å². The van der Waals surface area contributed by atoms with Gasteiger partial charge in [-0.15, -0.1) is 0 Å². The van der Waals surface area contributed by atoms with Crippen LogP contribution >= 0.6 is 11.8 Å². The molecule has 1 atom stereocenters. The Morgan fingerprint density at radius 2 is 2.25 bits per heavy atom. The summed E-state index contributed by atoms with van der Waals surface area (Å²) in [4.78, 5) is 23.7. The number of allylic oxidation sites excluding steroid dienone is 1. The monoisotopic (exact) mass is 405 g/mol. The Morgan fingerprint density at radius 1 is 1.46 bits per heavy atom. The average molecular weight is 405 g/mol. The maximum Gasteiger partial charge on any atom is 0.338 e. The van der Waals surface area contributed by atoms with Gasteiger partial charge >= 0.3 is 5.97 Å². The van der Waals surface area contributed by atoms with Gasteiger partial charge in [0.25, 0.3) is 0 Å². The van der Waals surface area contributed by atoms with Gasteiger partial charge in [0.2, 0.25) is 0 Å². The fraction of sp³-hybridized carbons (Fsp3) is 0.350. The van der Waals surface area contributed by atoms with Gasteiger partial charge in [0.1, 0.15) is 11.1 Å². The number of thioether (sulfide) groups is 1. The highest BCUT2D eigenvalue weighted by Gasteiger charge is 2.39. The van der Waals surface area contributed by atoms with Crippen LogP contribution in [-0.4, -0.2) is 41.9 Å². The molecule has 148 valence electrons. The third-order valence-corrected chi connectivity index (χ3v) is 5.31. The number of hydrogen-bond donors (Lipinski definition) is 0. The van der Waals surface area contributed by atoms with Crippen LogP contribution in [0.15, 0.2) is 51.4 Å². The molecular weight excluding hydrogens is 384 g/mol. The quantitative estimate of drug-likeness (QED) is 0.418. The van der Waals surface area contributed by atoms with E-state index in [1.54, 1.807) is 19.4 Å². The highest BCUT2D eigenvalue weighted by molar-refractivity contribution is 8.18. The minimum absolute atomic E-state index is 0.213. The van der Waals surface area contributed by atoms with E-state index in [2.05, 4.69) is 11.6 Å². The summed E-state index contributed by atoms with van der Waals surface area (Å²) in [5, 5.41) is 2.29. The lowest BCUT2D eigenvalue weighted by Crippen LogP contribution is -2.38. The molecule has 1 saturated heterocycles. The van der Waals surface area contributed by atoms with Crippen molar-refractivity contribution in [1.29, 1.82) is 0 Å². The summed E-state index contributed by atoms with van der Waals surface area (Å²) < 4.78 is 32.6. The molecule has 0 N–H and O–H groups in total. The van der Waals surface area contributed by atoms with Crippen LogP contribution in [0.1, 0.15) is 31.4 Å². The SMILES string of the molecule is C=CS/C(=N\C)C1=NC(c2ccc(F)c(F)c2)C(C(=O)OCC)=C2CCCN12. The van der Waals surface area contributed by atoms with Crippen LogP contribution in [0.2, 0.25) is 0 Å². The molecule has 8 heteroatoms. The van der Waals surface area contributed by atoms with E-state index in [1.165, 1.54) is 17.8 Å². The minimum Gasteiger partial charge on any atom is -0.463 e. The van der Waals surface area contributed by atoms with Crippen LogP contribution in [0.5, 0.6) is 0 Å². The van der Waals surface area contributed by atoms with Crippen molar-refractivity contribution in [2.75, 3.05) is 20.2 Å². The highest BCUT2D eigenvalue weighted by atomic mass is 32.2. The summed E-state index contributed by atoms with van der Waals surface area (Å²) in [7, 11) is 1.65. The highest BCUT2D eigenvalue weighted by Crippen LogP contribution is 2.40. The van der Waals surface area contributed by atoms with Crippen LogP contribution in [0.25, 0.3) is 0 Å². The van der Waals surface area contributed by atoms with E-state index in [1.807, 2.05) is 4.90 Å². The molecule has 1 unspecified atom stereocenters. The van der Waals surface area contributed by atoms with Crippen LogP contribution in [-0.2, 0) is 9.53 Å². The minimum atomic E-state index is -0.985. The predicted octanol–water partition coefficient (Wildman–Crippen LogP) is 4.24. The van der Waals surface area contributed by atoms with Gasteiger partial charge in [-0.05, 0) is 42.9 Å². The maximum absolute atomic E-state index is 13.9. The number of hydrogen-bond acceptors (Lipinski definition) is 6. The van der Waals surface area contributed by atoms with E-state index in [0.717, 1.165) is 24.3 Å². The first-order valence-corrected chi connectivity index (χ1v) is 9.84. The summed E-state index contributed by atoms with van der Waals surface area (Å²) >= 11 is 1.32. The number of rotatable bonds is 5. The second-order valence-corrected chi connectivity index (χ2v) is 7.13. The molecule has 0 bridgehead atoms. The fourth-order valence-electron chi connectivity index (χ4n) is 3.42. The van der Waals surface area contributed by atoms with E-state index >= 15 is 0 Å².